The van der Waals surface area contributed by atoms with Crippen LogP contribution in [-0.2, 0) is 4.79 Å². The number of ether oxygens (including phenoxy) is 1. The van der Waals surface area contributed by atoms with Crippen LogP contribution >= 0.6 is 23.2 Å². The standard InChI is InChI=1S/C27H25Cl2N3O2/c1-34-21-10-12-24-23(17-21)27(22-11-9-20(29)16-25(22)32-24)31-15-3-2-14-30-26(33)13-6-18-4-7-19(28)8-5-18/h4-13,16-17H,2-3,14-15H2,1H3,(H,30,33)(H,31,32)/b13-6+. The Morgan fingerprint density at radius 3 is 2.47 bits per heavy atom. The lowest BCUT2D eigenvalue weighted by Gasteiger charge is -2.14. The first-order valence-corrected chi connectivity index (χ1v) is 11.8. The zero-order valence-corrected chi connectivity index (χ0v) is 20.3. The van der Waals surface area contributed by atoms with Crippen molar-refractivity contribution in [3.05, 3.63) is 82.3 Å². The van der Waals surface area contributed by atoms with Gasteiger partial charge in [0.1, 0.15) is 5.75 Å². The molecule has 0 aliphatic carbocycles. The first-order valence-electron chi connectivity index (χ1n) is 11.1. The van der Waals surface area contributed by atoms with Crippen LogP contribution in [0.15, 0.2) is 66.7 Å². The van der Waals surface area contributed by atoms with Crippen LogP contribution in [0.3, 0.4) is 0 Å². The van der Waals surface area contributed by atoms with Crippen LogP contribution in [0.25, 0.3) is 27.9 Å². The van der Waals surface area contributed by atoms with Gasteiger partial charge in [0, 0.05) is 40.0 Å². The summed E-state index contributed by atoms with van der Waals surface area (Å²) < 4.78 is 5.41. The predicted octanol–water partition coefficient (Wildman–Crippen LogP) is 6.73. The summed E-state index contributed by atoms with van der Waals surface area (Å²) in [7, 11) is 1.65. The highest BCUT2D eigenvalue weighted by Crippen LogP contribution is 2.34. The van der Waals surface area contributed by atoms with Gasteiger partial charge < -0.3 is 15.4 Å². The average Bonchev–Trinajstić information content (AvgIpc) is 2.84. The van der Waals surface area contributed by atoms with Crippen molar-refractivity contribution in [3.63, 3.8) is 0 Å². The second-order valence-corrected chi connectivity index (χ2v) is 8.71. The quantitative estimate of drug-likeness (QED) is 0.154. The summed E-state index contributed by atoms with van der Waals surface area (Å²) in [6.07, 6.45) is 5.05. The number of benzene rings is 3. The lowest BCUT2D eigenvalue weighted by atomic mass is 10.1. The van der Waals surface area contributed by atoms with Crippen molar-refractivity contribution in [2.45, 2.75) is 12.8 Å². The van der Waals surface area contributed by atoms with Crippen molar-refractivity contribution < 1.29 is 9.53 Å². The van der Waals surface area contributed by atoms with E-state index in [1.54, 1.807) is 25.3 Å². The fraction of sp³-hybridized carbons (Fsp3) is 0.185. The van der Waals surface area contributed by atoms with Crippen LogP contribution < -0.4 is 15.4 Å². The Hall–Kier alpha value is -3.28. The Morgan fingerprint density at radius 1 is 0.912 bits per heavy atom. The van der Waals surface area contributed by atoms with Crippen LogP contribution in [-0.4, -0.2) is 31.1 Å². The summed E-state index contributed by atoms with van der Waals surface area (Å²) in [6, 6.07) is 18.9. The van der Waals surface area contributed by atoms with Crippen molar-refractivity contribution in [2.24, 2.45) is 0 Å². The van der Waals surface area contributed by atoms with Crippen molar-refractivity contribution in [1.82, 2.24) is 10.3 Å². The molecule has 2 N–H and O–H groups in total. The normalized spacial score (nSPS) is 11.3. The van der Waals surface area contributed by atoms with Crippen LogP contribution in [0.2, 0.25) is 10.0 Å². The van der Waals surface area contributed by atoms with E-state index in [1.807, 2.05) is 48.5 Å². The van der Waals surface area contributed by atoms with Crippen LogP contribution in [0.1, 0.15) is 18.4 Å². The molecule has 0 atom stereocenters. The number of nitrogens with zero attached hydrogens (tertiary/aromatic N) is 1. The first-order chi connectivity index (χ1) is 16.5. The average molecular weight is 494 g/mol. The van der Waals surface area contributed by atoms with Gasteiger partial charge in [0.2, 0.25) is 5.91 Å². The molecular formula is C27H25Cl2N3O2. The highest BCUT2D eigenvalue weighted by molar-refractivity contribution is 6.31. The van der Waals surface area contributed by atoms with Crippen molar-refractivity contribution in [2.75, 3.05) is 25.5 Å². The number of hydrogen-bond acceptors (Lipinski definition) is 4. The molecule has 5 nitrogen and oxygen atoms in total. The van der Waals surface area contributed by atoms with Crippen LogP contribution in [0, 0.1) is 0 Å². The number of rotatable bonds is 9. The highest BCUT2D eigenvalue weighted by Gasteiger charge is 2.10. The molecule has 0 fully saturated rings. The number of unbranched alkanes of at least 4 members (excludes halogenated alkanes) is 1. The monoisotopic (exact) mass is 493 g/mol. The zero-order valence-electron chi connectivity index (χ0n) is 18.8. The number of halogens is 2. The summed E-state index contributed by atoms with van der Waals surface area (Å²) in [5, 5.41) is 9.81. The predicted molar refractivity (Wildman–Crippen MR) is 142 cm³/mol. The number of carbonyl (C=O) groups is 1. The maximum atomic E-state index is 12.0. The number of hydrogen-bond donors (Lipinski definition) is 2. The largest absolute Gasteiger partial charge is 0.497 e. The molecule has 0 radical (unpaired) electrons. The minimum Gasteiger partial charge on any atom is -0.497 e. The number of aromatic nitrogens is 1. The molecule has 0 aliphatic heterocycles. The summed E-state index contributed by atoms with van der Waals surface area (Å²) in [5.41, 5.74) is 3.65. The summed E-state index contributed by atoms with van der Waals surface area (Å²) >= 11 is 12.1. The van der Waals surface area contributed by atoms with Gasteiger partial charge in [0.15, 0.2) is 0 Å². The second kappa shape index (κ2) is 11.2. The van der Waals surface area contributed by atoms with E-state index in [4.69, 9.17) is 32.9 Å². The molecule has 4 aromatic rings. The second-order valence-electron chi connectivity index (χ2n) is 7.84. The molecule has 4 rings (SSSR count). The molecule has 34 heavy (non-hydrogen) atoms. The van der Waals surface area contributed by atoms with E-state index in [0.717, 1.165) is 58.2 Å². The number of amides is 1. The smallest absolute Gasteiger partial charge is 0.243 e. The van der Waals surface area contributed by atoms with E-state index < -0.39 is 0 Å². The fourth-order valence-electron chi connectivity index (χ4n) is 3.69. The fourth-order valence-corrected chi connectivity index (χ4v) is 3.99. The van der Waals surface area contributed by atoms with Gasteiger partial charge in [-0.05, 0) is 73.0 Å². The number of nitrogens with one attached hydrogen (secondary N) is 2. The molecule has 1 amide bonds. The molecule has 0 unspecified atom stereocenters. The van der Waals surface area contributed by atoms with Gasteiger partial charge in [-0.3, -0.25) is 4.79 Å². The maximum Gasteiger partial charge on any atom is 0.243 e. The highest BCUT2D eigenvalue weighted by atomic mass is 35.5. The van der Waals surface area contributed by atoms with Gasteiger partial charge in [-0.1, -0.05) is 35.3 Å². The van der Waals surface area contributed by atoms with E-state index >= 15 is 0 Å². The molecule has 1 heterocycles. The minimum absolute atomic E-state index is 0.113. The maximum absolute atomic E-state index is 12.0. The van der Waals surface area contributed by atoms with Gasteiger partial charge in [0.05, 0.1) is 23.8 Å². The summed E-state index contributed by atoms with van der Waals surface area (Å²) in [5.74, 6) is 0.665. The Labute approximate surface area is 208 Å². The molecule has 0 bridgehead atoms. The zero-order chi connectivity index (χ0) is 23.9. The van der Waals surface area contributed by atoms with Crippen molar-refractivity contribution >= 4 is 62.7 Å². The lowest BCUT2D eigenvalue weighted by Crippen LogP contribution is -2.22. The number of carbonyl (C=O) groups excluding carboxylic acids is 1. The Kier molecular flexibility index (Phi) is 7.88. The molecule has 7 heteroatoms. The summed E-state index contributed by atoms with van der Waals surface area (Å²) in [6.45, 7) is 1.36. The molecular weight excluding hydrogens is 469 g/mol. The minimum atomic E-state index is -0.113. The Balaban J connectivity index is 1.34. The molecule has 0 spiro atoms. The Bertz CT molecular complexity index is 1340. The lowest BCUT2D eigenvalue weighted by molar-refractivity contribution is -0.116. The topological polar surface area (TPSA) is 63.2 Å². The van der Waals surface area contributed by atoms with Gasteiger partial charge in [-0.25, -0.2) is 4.98 Å². The molecule has 0 saturated heterocycles. The van der Waals surface area contributed by atoms with E-state index in [9.17, 15) is 4.79 Å². The van der Waals surface area contributed by atoms with Gasteiger partial charge in [-0.15, -0.1) is 0 Å². The molecule has 174 valence electrons. The Morgan fingerprint density at radius 2 is 1.68 bits per heavy atom. The van der Waals surface area contributed by atoms with E-state index in [-0.39, 0.29) is 5.91 Å². The molecule has 1 aromatic heterocycles. The molecule has 3 aromatic carbocycles. The van der Waals surface area contributed by atoms with Gasteiger partial charge in [0.25, 0.3) is 0 Å². The number of methoxy groups -OCH3 is 1. The van der Waals surface area contributed by atoms with E-state index in [2.05, 4.69) is 10.6 Å². The number of fused-ring (bicyclic) bond motifs is 2. The van der Waals surface area contributed by atoms with Crippen LogP contribution in [0.5, 0.6) is 5.75 Å². The van der Waals surface area contributed by atoms with E-state index in [1.165, 1.54) is 6.08 Å². The van der Waals surface area contributed by atoms with Crippen LogP contribution in [0.4, 0.5) is 5.69 Å². The summed E-state index contributed by atoms with van der Waals surface area (Å²) in [4.78, 5) is 16.8. The third kappa shape index (κ3) is 5.99. The number of pyridine rings is 1. The molecule has 0 saturated carbocycles. The first kappa shape index (κ1) is 23.9. The SMILES string of the molecule is COc1ccc2nc3cc(Cl)ccc3c(NCCCCNC(=O)/C=C/c3ccc(Cl)cc3)c2c1. The van der Waals surface area contributed by atoms with Gasteiger partial charge >= 0.3 is 0 Å². The third-order valence-corrected chi connectivity index (χ3v) is 5.93. The molecule has 0 aliphatic rings. The van der Waals surface area contributed by atoms with E-state index in [0.29, 0.717) is 16.6 Å². The van der Waals surface area contributed by atoms with Crippen molar-refractivity contribution in [3.8, 4) is 5.75 Å². The number of anilines is 1. The van der Waals surface area contributed by atoms with Crippen molar-refractivity contribution in [1.29, 1.82) is 0 Å². The van der Waals surface area contributed by atoms with Gasteiger partial charge in [-0.2, -0.15) is 0 Å². The third-order valence-electron chi connectivity index (χ3n) is 5.44.